The molecule has 6 atom stereocenters. The molecule has 3 aliphatic rings. The topological polar surface area (TPSA) is 108 Å². The number of aliphatic hydroxyl groups excluding tert-OH is 1. The maximum absolute atomic E-state index is 14.0. The van der Waals surface area contributed by atoms with Gasteiger partial charge in [-0.3, -0.25) is 14.4 Å². The molecule has 2 bridgehead atoms. The van der Waals surface area contributed by atoms with Crippen LogP contribution < -0.4 is 10.6 Å². The van der Waals surface area contributed by atoms with Crippen molar-refractivity contribution in [2.45, 2.75) is 57.8 Å². The van der Waals surface area contributed by atoms with E-state index in [0.717, 1.165) is 11.1 Å². The van der Waals surface area contributed by atoms with Crippen LogP contribution in [0.25, 0.3) is 0 Å². The van der Waals surface area contributed by atoms with Gasteiger partial charge in [0.1, 0.15) is 11.6 Å². The number of aryl methyl sites for hydroxylation is 2. The Balaban J connectivity index is 1.53. The standard InChI is InChI=1S/C29H35N3O5/c1-17-11-12-18(2)21(15-17)31-26(35)24-29-16-19(3)28(4,37-29)22(23(29)27(36)32(24)13-8-14-33)25(34)30-20-9-6-5-7-10-20/h5-7,9-12,15,19,22-24,33H,8,13-14,16H2,1-4H3,(H,30,34)(H,31,35)/t19?,22-,23-,24?,28+,29?/m0/s1. The lowest BCUT2D eigenvalue weighted by molar-refractivity contribution is -0.144. The number of benzene rings is 2. The first-order chi connectivity index (χ1) is 17.6. The van der Waals surface area contributed by atoms with Crippen molar-refractivity contribution >= 4 is 29.1 Å². The fraction of sp³-hybridized carbons (Fsp3) is 0.483. The van der Waals surface area contributed by atoms with Crippen molar-refractivity contribution in [1.29, 1.82) is 0 Å². The molecule has 37 heavy (non-hydrogen) atoms. The summed E-state index contributed by atoms with van der Waals surface area (Å²) in [7, 11) is 0. The SMILES string of the molecule is Cc1ccc(C)c(NC(=O)C2N(CCCO)C(=O)[C@@H]3[C@@H](C(=O)Nc4ccccc4)[C@]4(C)OC23CC4C)c1. The summed E-state index contributed by atoms with van der Waals surface area (Å²) < 4.78 is 6.71. The number of nitrogens with one attached hydrogen (secondary N) is 2. The van der Waals surface area contributed by atoms with E-state index in [4.69, 9.17) is 4.74 Å². The van der Waals surface area contributed by atoms with Crippen LogP contribution in [0.4, 0.5) is 11.4 Å². The van der Waals surface area contributed by atoms with Gasteiger partial charge in [-0.15, -0.1) is 0 Å². The Morgan fingerprint density at radius 1 is 1.11 bits per heavy atom. The lowest BCUT2D eigenvalue weighted by Gasteiger charge is -2.36. The first-order valence-electron chi connectivity index (χ1n) is 13.0. The fourth-order valence-electron chi connectivity index (χ4n) is 6.73. The summed E-state index contributed by atoms with van der Waals surface area (Å²) in [4.78, 5) is 43.2. The second-order valence-electron chi connectivity index (χ2n) is 11.0. The van der Waals surface area contributed by atoms with Crippen molar-refractivity contribution in [3.63, 3.8) is 0 Å². The minimum absolute atomic E-state index is 0.0446. The second-order valence-corrected chi connectivity index (χ2v) is 11.0. The Kier molecular flexibility index (Phi) is 6.36. The van der Waals surface area contributed by atoms with Crippen molar-refractivity contribution < 1.29 is 24.2 Å². The third kappa shape index (κ3) is 3.94. The Hall–Kier alpha value is -3.23. The van der Waals surface area contributed by atoms with Gasteiger partial charge in [0.2, 0.25) is 17.7 Å². The molecule has 196 valence electrons. The van der Waals surface area contributed by atoms with Crippen molar-refractivity contribution in [1.82, 2.24) is 4.90 Å². The highest BCUT2D eigenvalue weighted by Crippen LogP contribution is 2.65. The number of ether oxygens (including phenoxy) is 1. The number of amides is 3. The molecule has 2 aromatic carbocycles. The van der Waals surface area contributed by atoms with Crippen molar-refractivity contribution in [3.8, 4) is 0 Å². The molecule has 5 rings (SSSR count). The molecule has 0 saturated carbocycles. The van der Waals surface area contributed by atoms with Crippen LogP contribution in [0.1, 0.15) is 37.8 Å². The van der Waals surface area contributed by atoms with Crippen molar-refractivity contribution in [2.24, 2.45) is 17.8 Å². The summed E-state index contributed by atoms with van der Waals surface area (Å²) in [5.74, 6) is -2.46. The summed E-state index contributed by atoms with van der Waals surface area (Å²) in [6.45, 7) is 7.89. The number of rotatable bonds is 7. The van der Waals surface area contributed by atoms with Gasteiger partial charge in [0.25, 0.3) is 0 Å². The van der Waals surface area contributed by atoms with E-state index in [2.05, 4.69) is 10.6 Å². The van der Waals surface area contributed by atoms with Crippen LogP contribution in [0, 0.1) is 31.6 Å². The molecule has 8 heteroatoms. The number of anilines is 2. The molecule has 2 aromatic rings. The zero-order valence-corrected chi connectivity index (χ0v) is 21.8. The summed E-state index contributed by atoms with van der Waals surface area (Å²) in [5.41, 5.74) is 1.24. The highest BCUT2D eigenvalue weighted by atomic mass is 16.5. The largest absolute Gasteiger partial charge is 0.396 e. The Bertz CT molecular complexity index is 1230. The van der Waals surface area contributed by atoms with Gasteiger partial charge in [0.05, 0.1) is 17.4 Å². The predicted octanol–water partition coefficient (Wildman–Crippen LogP) is 3.27. The smallest absolute Gasteiger partial charge is 0.250 e. The number of carbonyl (C=O) groups is 3. The van der Waals surface area contributed by atoms with Crippen LogP contribution in [-0.4, -0.2) is 58.1 Å². The monoisotopic (exact) mass is 505 g/mol. The molecule has 3 aliphatic heterocycles. The normalized spacial score (nSPS) is 31.9. The van der Waals surface area contributed by atoms with Gasteiger partial charge < -0.3 is 25.4 Å². The molecule has 3 amide bonds. The number of likely N-dealkylation sites (tertiary alicyclic amines) is 1. The minimum atomic E-state index is -1.12. The van der Waals surface area contributed by atoms with Crippen LogP contribution in [0.2, 0.25) is 0 Å². The van der Waals surface area contributed by atoms with E-state index in [1.165, 1.54) is 4.90 Å². The molecular weight excluding hydrogens is 470 g/mol. The maximum Gasteiger partial charge on any atom is 0.250 e. The highest BCUT2D eigenvalue weighted by molar-refractivity contribution is 6.05. The van der Waals surface area contributed by atoms with Gasteiger partial charge in [0, 0.05) is 24.5 Å². The average Bonchev–Trinajstić information content (AvgIpc) is 3.37. The van der Waals surface area contributed by atoms with E-state index in [-0.39, 0.29) is 36.8 Å². The number of hydrogen-bond acceptors (Lipinski definition) is 5. The first-order valence-corrected chi connectivity index (χ1v) is 13.0. The number of carbonyl (C=O) groups excluding carboxylic acids is 3. The molecule has 8 nitrogen and oxygen atoms in total. The molecule has 0 radical (unpaired) electrons. The van der Waals surface area contributed by atoms with E-state index >= 15 is 0 Å². The van der Waals surface area contributed by atoms with Crippen LogP contribution in [0.15, 0.2) is 48.5 Å². The number of hydrogen-bond donors (Lipinski definition) is 3. The van der Waals surface area contributed by atoms with Crippen LogP contribution in [0.3, 0.4) is 0 Å². The zero-order chi connectivity index (χ0) is 26.5. The Morgan fingerprint density at radius 2 is 1.84 bits per heavy atom. The van der Waals surface area contributed by atoms with Gasteiger partial charge in [-0.05, 0) is 68.9 Å². The summed E-state index contributed by atoms with van der Waals surface area (Å²) >= 11 is 0. The third-order valence-electron chi connectivity index (χ3n) is 8.59. The molecule has 0 aliphatic carbocycles. The lowest BCUT2D eigenvalue weighted by atomic mass is 9.62. The molecule has 3 heterocycles. The lowest BCUT2D eigenvalue weighted by Crippen LogP contribution is -2.54. The molecule has 3 unspecified atom stereocenters. The summed E-state index contributed by atoms with van der Waals surface area (Å²) in [5, 5.41) is 15.5. The van der Waals surface area contributed by atoms with Gasteiger partial charge >= 0.3 is 0 Å². The number of aliphatic hydroxyl groups is 1. The highest BCUT2D eigenvalue weighted by Gasteiger charge is 2.79. The average molecular weight is 506 g/mol. The summed E-state index contributed by atoms with van der Waals surface area (Å²) in [6, 6.07) is 14.1. The van der Waals surface area contributed by atoms with Crippen LogP contribution >= 0.6 is 0 Å². The summed E-state index contributed by atoms with van der Waals surface area (Å²) in [6.07, 6.45) is 0.824. The number of para-hydroxylation sites is 1. The molecular formula is C29H35N3O5. The minimum Gasteiger partial charge on any atom is -0.396 e. The quantitative estimate of drug-likeness (QED) is 0.535. The van der Waals surface area contributed by atoms with Gasteiger partial charge in [-0.2, -0.15) is 0 Å². The molecule has 3 saturated heterocycles. The molecule has 0 aromatic heterocycles. The van der Waals surface area contributed by atoms with Crippen molar-refractivity contribution in [2.75, 3.05) is 23.8 Å². The van der Waals surface area contributed by atoms with E-state index in [1.54, 1.807) is 12.1 Å². The predicted molar refractivity (Wildman–Crippen MR) is 140 cm³/mol. The number of fused-ring (bicyclic) bond motifs is 1. The maximum atomic E-state index is 14.0. The van der Waals surface area contributed by atoms with Gasteiger partial charge in [-0.1, -0.05) is 37.3 Å². The van der Waals surface area contributed by atoms with Gasteiger partial charge in [-0.25, -0.2) is 0 Å². The van der Waals surface area contributed by atoms with Crippen LogP contribution in [-0.2, 0) is 19.1 Å². The van der Waals surface area contributed by atoms with E-state index in [0.29, 0.717) is 24.2 Å². The molecule has 1 spiro atoms. The van der Waals surface area contributed by atoms with Gasteiger partial charge in [0.15, 0.2) is 0 Å². The van der Waals surface area contributed by atoms with E-state index in [1.807, 2.05) is 64.1 Å². The fourth-order valence-corrected chi connectivity index (χ4v) is 6.73. The van der Waals surface area contributed by atoms with Crippen LogP contribution in [0.5, 0.6) is 0 Å². The molecule has 3 N–H and O–H groups in total. The third-order valence-corrected chi connectivity index (χ3v) is 8.59. The van der Waals surface area contributed by atoms with E-state index < -0.39 is 29.1 Å². The van der Waals surface area contributed by atoms with Crippen molar-refractivity contribution in [3.05, 3.63) is 59.7 Å². The molecule has 3 fully saturated rings. The Morgan fingerprint density at radius 3 is 2.54 bits per heavy atom. The second kappa shape index (κ2) is 9.26. The number of nitrogens with zero attached hydrogens (tertiary/aromatic N) is 1. The van der Waals surface area contributed by atoms with E-state index in [9.17, 15) is 19.5 Å². The first kappa shape index (κ1) is 25.4. The zero-order valence-electron chi connectivity index (χ0n) is 21.8. The Labute approximate surface area is 217 Å².